The normalized spacial score (nSPS) is 11.7. The summed E-state index contributed by atoms with van der Waals surface area (Å²) in [6.07, 6.45) is 2.26. The highest BCUT2D eigenvalue weighted by atomic mass is 16.4. The molecule has 0 aromatic carbocycles. The number of carbonyl (C=O) groups is 2. The molecule has 1 aromatic heterocycles. The Morgan fingerprint density at radius 3 is 2.58 bits per heavy atom. The van der Waals surface area contributed by atoms with Crippen molar-refractivity contribution in [2.45, 2.75) is 32.2 Å². The second-order valence-electron chi connectivity index (χ2n) is 4.06. The molecule has 7 nitrogen and oxygen atoms in total. The highest BCUT2D eigenvalue weighted by Gasteiger charge is 2.17. The number of hydrogen-bond donors (Lipinski definition) is 3. The largest absolute Gasteiger partial charge is 0.480 e. The molecule has 104 valence electrons. The minimum absolute atomic E-state index is 0.188. The van der Waals surface area contributed by atoms with Crippen molar-refractivity contribution < 1.29 is 14.7 Å². The molecule has 1 heterocycles. The van der Waals surface area contributed by atoms with Gasteiger partial charge in [0.25, 0.3) is 5.91 Å². The van der Waals surface area contributed by atoms with Crippen LogP contribution in [0.1, 0.15) is 36.7 Å². The van der Waals surface area contributed by atoms with E-state index in [2.05, 4.69) is 20.8 Å². The number of nitrogens with zero attached hydrogens (tertiary/aromatic N) is 2. The van der Waals surface area contributed by atoms with Crippen molar-refractivity contribution in [2.24, 2.45) is 0 Å². The molecule has 0 radical (unpaired) electrons. The van der Waals surface area contributed by atoms with Crippen molar-refractivity contribution in [1.82, 2.24) is 15.5 Å². The number of anilines is 1. The quantitative estimate of drug-likeness (QED) is 0.677. The zero-order valence-corrected chi connectivity index (χ0v) is 11.0. The molecule has 0 spiro atoms. The van der Waals surface area contributed by atoms with Crippen molar-refractivity contribution in [1.29, 1.82) is 0 Å². The lowest BCUT2D eigenvalue weighted by Crippen LogP contribution is -2.30. The Balaban J connectivity index is 2.69. The number of hydrogen-bond acceptors (Lipinski definition) is 5. The minimum Gasteiger partial charge on any atom is -0.480 e. The van der Waals surface area contributed by atoms with Gasteiger partial charge in [0.1, 0.15) is 11.9 Å². The number of nitrogens with one attached hydrogen (secondary N) is 2. The number of rotatable bonds is 7. The van der Waals surface area contributed by atoms with Crippen LogP contribution in [0.15, 0.2) is 12.1 Å². The molecule has 0 bridgehead atoms. The van der Waals surface area contributed by atoms with Gasteiger partial charge in [0, 0.05) is 7.05 Å². The molecule has 0 fully saturated rings. The van der Waals surface area contributed by atoms with E-state index in [0.717, 1.165) is 12.8 Å². The van der Waals surface area contributed by atoms with E-state index >= 15 is 0 Å². The van der Waals surface area contributed by atoms with Gasteiger partial charge in [0.2, 0.25) is 0 Å². The summed E-state index contributed by atoms with van der Waals surface area (Å²) >= 11 is 0. The zero-order valence-electron chi connectivity index (χ0n) is 11.0. The van der Waals surface area contributed by atoms with Gasteiger partial charge in [-0.15, -0.1) is 10.2 Å². The maximum atomic E-state index is 11.3. The van der Waals surface area contributed by atoms with Crippen LogP contribution in [0.2, 0.25) is 0 Å². The van der Waals surface area contributed by atoms with Crippen LogP contribution in [0.4, 0.5) is 5.82 Å². The SMILES string of the molecule is CCCCC(Nc1ccc(C(=O)NC)nn1)C(=O)O. The van der Waals surface area contributed by atoms with Crippen molar-refractivity contribution in [2.75, 3.05) is 12.4 Å². The van der Waals surface area contributed by atoms with Crippen LogP contribution in [0.25, 0.3) is 0 Å². The molecule has 0 aliphatic heterocycles. The average molecular weight is 266 g/mol. The molecule has 1 atom stereocenters. The average Bonchev–Trinajstić information content (AvgIpc) is 2.43. The summed E-state index contributed by atoms with van der Waals surface area (Å²) in [5, 5.41) is 21.8. The van der Waals surface area contributed by atoms with Gasteiger partial charge in [-0.1, -0.05) is 19.8 Å². The molecule has 1 aromatic rings. The topological polar surface area (TPSA) is 104 Å². The third-order valence-corrected chi connectivity index (χ3v) is 2.59. The highest BCUT2D eigenvalue weighted by molar-refractivity contribution is 5.91. The number of carbonyl (C=O) groups excluding carboxylic acids is 1. The summed E-state index contributed by atoms with van der Waals surface area (Å²) in [5.74, 6) is -0.915. The van der Waals surface area contributed by atoms with Crippen LogP contribution < -0.4 is 10.6 Å². The maximum absolute atomic E-state index is 11.3. The molecular formula is C12H18N4O3. The van der Waals surface area contributed by atoms with Gasteiger partial charge in [-0.05, 0) is 18.6 Å². The summed E-state index contributed by atoms with van der Waals surface area (Å²) in [6.45, 7) is 2.00. The Bertz CT molecular complexity index is 433. The molecule has 1 rings (SSSR count). The lowest BCUT2D eigenvalue weighted by molar-refractivity contribution is -0.138. The summed E-state index contributed by atoms with van der Waals surface area (Å²) < 4.78 is 0. The third-order valence-electron chi connectivity index (χ3n) is 2.59. The molecule has 7 heteroatoms. The van der Waals surface area contributed by atoms with Crippen LogP contribution in [0.3, 0.4) is 0 Å². The molecular weight excluding hydrogens is 248 g/mol. The Labute approximate surface area is 111 Å². The highest BCUT2D eigenvalue weighted by Crippen LogP contribution is 2.09. The maximum Gasteiger partial charge on any atom is 0.326 e. The fourth-order valence-corrected chi connectivity index (χ4v) is 1.50. The second kappa shape index (κ2) is 7.30. The van der Waals surface area contributed by atoms with Crippen molar-refractivity contribution in [3.63, 3.8) is 0 Å². The molecule has 19 heavy (non-hydrogen) atoms. The van der Waals surface area contributed by atoms with Crippen LogP contribution in [-0.2, 0) is 4.79 Å². The van der Waals surface area contributed by atoms with Crippen LogP contribution in [0, 0.1) is 0 Å². The van der Waals surface area contributed by atoms with E-state index in [1.165, 1.54) is 13.1 Å². The molecule has 0 aliphatic carbocycles. The van der Waals surface area contributed by atoms with E-state index in [4.69, 9.17) is 5.11 Å². The molecule has 0 saturated heterocycles. The van der Waals surface area contributed by atoms with Gasteiger partial charge < -0.3 is 15.7 Å². The molecule has 0 aliphatic rings. The predicted octanol–water partition coefficient (Wildman–Crippen LogP) is 0.891. The zero-order chi connectivity index (χ0) is 14.3. The van der Waals surface area contributed by atoms with Crippen molar-refractivity contribution >= 4 is 17.7 Å². The molecule has 1 amide bonds. The summed E-state index contributed by atoms with van der Waals surface area (Å²) in [5.41, 5.74) is 0.188. The van der Waals surface area contributed by atoms with Crippen LogP contribution >= 0.6 is 0 Å². The summed E-state index contributed by atoms with van der Waals surface area (Å²) in [4.78, 5) is 22.3. The number of aromatic nitrogens is 2. The fourth-order valence-electron chi connectivity index (χ4n) is 1.50. The smallest absolute Gasteiger partial charge is 0.326 e. The molecule has 1 unspecified atom stereocenters. The second-order valence-corrected chi connectivity index (χ2v) is 4.06. The lowest BCUT2D eigenvalue weighted by atomic mass is 10.1. The molecule has 3 N–H and O–H groups in total. The van der Waals surface area contributed by atoms with Gasteiger partial charge in [-0.25, -0.2) is 4.79 Å². The van der Waals surface area contributed by atoms with Crippen LogP contribution in [0.5, 0.6) is 0 Å². The van der Waals surface area contributed by atoms with Gasteiger partial charge in [-0.3, -0.25) is 4.79 Å². The lowest BCUT2D eigenvalue weighted by Gasteiger charge is -2.14. The van der Waals surface area contributed by atoms with Gasteiger partial charge in [0.05, 0.1) is 0 Å². The van der Waals surface area contributed by atoms with E-state index < -0.39 is 12.0 Å². The first-order chi connectivity index (χ1) is 9.08. The predicted molar refractivity (Wildman–Crippen MR) is 70.0 cm³/mol. The first-order valence-corrected chi connectivity index (χ1v) is 6.13. The van der Waals surface area contributed by atoms with E-state index in [-0.39, 0.29) is 11.6 Å². The number of amides is 1. The summed E-state index contributed by atoms with van der Waals surface area (Å²) in [7, 11) is 1.50. The monoisotopic (exact) mass is 266 g/mol. The first kappa shape index (κ1) is 14.9. The van der Waals surface area contributed by atoms with Crippen molar-refractivity contribution in [3.05, 3.63) is 17.8 Å². The minimum atomic E-state index is -0.925. The number of carboxylic acids is 1. The first-order valence-electron chi connectivity index (χ1n) is 6.13. The number of aliphatic carboxylic acids is 1. The van der Waals surface area contributed by atoms with Gasteiger partial charge in [-0.2, -0.15) is 0 Å². The van der Waals surface area contributed by atoms with Crippen LogP contribution in [-0.4, -0.2) is 40.3 Å². The Morgan fingerprint density at radius 2 is 2.11 bits per heavy atom. The Morgan fingerprint density at radius 1 is 1.37 bits per heavy atom. The van der Waals surface area contributed by atoms with E-state index in [1.54, 1.807) is 6.07 Å². The molecule has 0 saturated carbocycles. The van der Waals surface area contributed by atoms with Gasteiger partial charge >= 0.3 is 5.97 Å². The third kappa shape index (κ3) is 4.53. The van der Waals surface area contributed by atoms with E-state index in [0.29, 0.717) is 12.2 Å². The standard InChI is InChI=1S/C12H18N4O3/c1-3-4-5-9(12(18)19)14-10-7-6-8(15-16-10)11(17)13-2/h6-7,9H,3-5H2,1-2H3,(H,13,17)(H,14,16)(H,18,19). The summed E-state index contributed by atoms with van der Waals surface area (Å²) in [6, 6.07) is 2.34. The number of carboxylic acid groups (broad SMARTS) is 1. The fraction of sp³-hybridized carbons (Fsp3) is 0.500. The van der Waals surface area contributed by atoms with Gasteiger partial charge in [0.15, 0.2) is 5.69 Å². The number of unbranched alkanes of at least 4 members (excludes halogenated alkanes) is 1. The Kier molecular flexibility index (Phi) is 5.72. The van der Waals surface area contributed by atoms with E-state index in [1.807, 2.05) is 6.92 Å². The van der Waals surface area contributed by atoms with E-state index in [9.17, 15) is 9.59 Å². The van der Waals surface area contributed by atoms with Crippen molar-refractivity contribution in [3.8, 4) is 0 Å². The Hall–Kier alpha value is -2.18.